The molecule has 2 atom stereocenters. The molecule has 0 aliphatic heterocycles. The first-order valence-electron chi connectivity index (χ1n) is 9.70. The molecular formula is C21H32N4O3. The van der Waals surface area contributed by atoms with Crippen molar-refractivity contribution in [1.82, 2.24) is 20.4 Å². The summed E-state index contributed by atoms with van der Waals surface area (Å²) in [6.45, 7) is 9.23. The van der Waals surface area contributed by atoms with E-state index in [1.807, 2.05) is 75.1 Å². The molecule has 0 unspecified atom stereocenters. The molecule has 0 saturated carbocycles. The van der Waals surface area contributed by atoms with Gasteiger partial charge in [0.15, 0.2) is 0 Å². The van der Waals surface area contributed by atoms with Crippen molar-refractivity contribution in [2.45, 2.75) is 65.0 Å². The zero-order valence-corrected chi connectivity index (χ0v) is 17.2. The van der Waals surface area contributed by atoms with Crippen LogP contribution < -0.4 is 10.6 Å². The number of aryl methyl sites for hydroxylation is 1. The highest BCUT2D eigenvalue weighted by Gasteiger charge is 2.24. The van der Waals surface area contributed by atoms with Gasteiger partial charge in [0, 0.05) is 31.4 Å². The molecule has 0 radical (unpaired) electrons. The maximum atomic E-state index is 12.2. The quantitative estimate of drug-likeness (QED) is 0.614. The molecule has 0 aliphatic carbocycles. The van der Waals surface area contributed by atoms with E-state index in [0.717, 1.165) is 17.7 Å². The lowest BCUT2D eigenvalue weighted by atomic mass is 10.0. The molecule has 154 valence electrons. The van der Waals surface area contributed by atoms with Gasteiger partial charge in [0.05, 0.1) is 18.3 Å². The molecule has 1 heterocycles. The second kappa shape index (κ2) is 10.2. The van der Waals surface area contributed by atoms with E-state index in [4.69, 9.17) is 4.74 Å². The van der Waals surface area contributed by atoms with Crippen molar-refractivity contribution < 1.29 is 14.6 Å². The van der Waals surface area contributed by atoms with Gasteiger partial charge in [0.2, 0.25) is 0 Å². The Morgan fingerprint density at radius 2 is 1.96 bits per heavy atom. The second-order valence-electron chi connectivity index (χ2n) is 7.84. The Hall–Kier alpha value is -2.38. The molecule has 0 spiro atoms. The second-order valence-corrected chi connectivity index (χ2v) is 7.84. The standard InChI is InChI=1S/C21H32N4O3/c1-5-25-15-17(13-23-25)12-22-14-19(26)18(11-16-9-7-6-8-10-16)24-20(27)28-21(2,3)4/h6-10,13,15,18-19,22,26H,5,11-12,14H2,1-4H3,(H,24,27)/t18-,19+/m0/s1. The monoisotopic (exact) mass is 388 g/mol. The highest BCUT2D eigenvalue weighted by Crippen LogP contribution is 2.10. The van der Waals surface area contributed by atoms with Gasteiger partial charge in [-0.1, -0.05) is 30.3 Å². The number of hydrogen-bond acceptors (Lipinski definition) is 5. The number of hydrogen-bond donors (Lipinski definition) is 3. The van der Waals surface area contributed by atoms with Crippen LogP contribution in [-0.2, 0) is 24.2 Å². The third-order valence-corrected chi connectivity index (χ3v) is 4.16. The van der Waals surface area contributed by atoms with E-state index < -0.39 is 23.8 Å². The Morgan fingerprint density at radius 1 is 1.25 bits per heavy atom. The Morgan fingerprint density at radius 3 is 2.57 bits per heavy atom. The van der Waals surface area contributed by atoms with E-state index in [-0.39, 0.29) is 0 Å². The fraction of sp³-hybridized carbons (Fsp3) is 0.524. The lowest BCUT2D eigenvalue weighted by Gasteiger charge is -2.27. The average molecular weight is 389 g/mol. The summed E-state index contributed by atoms with van der Waals surface area (Å²) in [7, 11) is 0. The van der Waals surface area contributed by atoms with Gasteiger partial charge in [-0.2, -0.15) is 5.10 Å². The average Bonchev–Trinajstić information content (AvgIpc) is 3.08. The summed E-state index contributed by atoms with van der Waals surface area (Å²) < 4.78 is 7.21. The number of alkyl carbamates (subject to hydrolysis) is 1. The van der Waals surface area contributed by atoms with E-state index in [9.17, 15) is 9.90 Å². The molecule has 0 bridgehead atoms. The van der Waals surface area contributed by atoms with Gasteiger partial charge in [-0.05, 0) is 39.7 Å². The van der Waals surface area contributed by atoms with Crippen LogP contribution in [0.4, 0.5) is 4.79 Å². The first kappa shape index (κ1) is 21.9. The van der Waals surface area contributed by atoms with Crippen LogP contribution >= 0.6 is 0 Å². The molecule has 2 aromatic rings. The van der Waals surface area contributed by atoms with E-state index in [0.29, 0.717) is 19.5 Å². The first-order chi connectivity index (χ1) is 13.3. The fourth-order valence-corrected chi connectivity index (χ4v) is 2.79. The van der Waals surface area contributed by atoms with E-state index in [1.54, 1.807) is 0 Å². The first-order valence-corrected chi connectivity index (χ1v) is 9.70. The highest BCUT2D eigenvalue weighted by molar-refractivity contribution is 5.68. The SMILES string of the molecule is CCn1cc(CNC[C@@H](O)[C@H](Cc2ccccc2)NC(=O)OC(C)(C)C)cn1. The van der Waals surface area contributed by atoms with Gasteiger partial charge < -0.3 is 20.5 Å². The fourth-order valence-electron chi connectivity index (χ4n) is 2.79. The van der Waals surface area contributed by atoms with Gasteiger partial charge in [-0.25, -0.2) is 4.79 Å². The number of aliphatic hydroxyl groups excluding tert-OH is 1. The molecular weight excluding hydrogens is 356 g/mol. The molecule has 0 saturated heterocycles. The van der Waals surface area contributed by atoms with E-state index in [1.165, 1.54) is 0 Å². The summed E-state index contributed by atoms with van der Waals surface area (Å²) in [6.07, 6.45) is 2.99. The van der Waals surface area contributed by atoms with Crippen molar-refractivity contribution in [2.75, 3.05) is 6.54 Å². The lowest BCUT2D eigenvalue weighted by molar-refractivity contribution is 0.0422. The molecule has 28 heavy (non-hydrogen) atoms. The van der Waals surface area contributed by atoms with Crippen molar-refractivity contribution in [1.29, 1.82) is 0 Å². The normalized spacial score (nSPS) is 13.8. The maximum Gasteiger partial charge on any atom is 0.407 e. The number of amides is 1. The minimum Gasteiger partial charge on any atom is -0.444 e. The molecule has 7 nitrogen and oxygen atoms in total. The molecule has 2 rings (SSSR count). The summed E-state index contributed by atoms with van der Waals surface area (Å²) in [4.78, 5) is 12.2. The predicted octanol–water partition coefficient (Wildman–Crippen LogP) is 2.49. The smallest absolute Gasteiger partial charge is 0.407 e. The van der Waals surface area contributed by atoms with Crippen LogP contribution in [0.15, 0.2) is 42.7 Å². The number of carbonyl (C=O) groups excluding carboxylic acids is 1. The molecule has 0 fully saturated rings. The number of carbonyl (C=O) groups is 1. The van der Waals surface area contributed by atoms with Crippen molar-refractivity contribution >= 4 is 6.09 Å². The summed E-state index contributed by atoms with van der Waals surface area (Å²) >= 11 is 0. The zero-order chi connectivity index (χ0) is 20.6. The summed E-state index contributed by atoms with van der Waals surface area (Å²) in [5, 5.41) is 21.0. The van der Waals surface area contributed by atoms with Crippen LogP contribution in [0.3, 0.4) is 0 Å². The van der Waals surface area contributed by atoms with Gasteiger partial charge in [0.1, 0.15) is 5.60 Å². The van der Waals surface area contributed by atoms with E-state index in [2.05, 4.69) is 15.7 Å². The van der Waals surface area contributed by atoms with Crippen molar-refractivity contribution in [3.8, 4) is 0 Å². The molecule has 1 aromatic carbocycles. The summed E-state index contributed by atoms with van der Waals surface area (Å²) in [6, 6.07) is 9.30. The topological polar surface area (TPSA) is 88.4 Å². The molecule has 1 aromatic heterocycles. The Kier molecular flexibility index (Phi) is 8.02. The third-order valence-electron chi connectivity index (χ3n) is 4.16. The highest BCUT2D eigenvalue weighted by atomic mass is 16.6. The van der Waals surface area contributed by atoms with Gasteiger partial charge in [-0.15, -0.1) is 0 Å². The lowest BCUT2D eigenvalue weighted by Crippen LogP contribution is -2.49. The summed E-state index contributed by atoms with van der Waals surface area (Å²) in [5.41, 5.74) is 1.49. The molecule has 3 N–H and O–H groups in total. The minimum atomic E-state index is -0.769. The van der Waals surface area contributed by atoms with Crippen molar-refractivity contribution in [3.63, 3.8) is 0 Å². The maximum absolute atomic E-state index is 12.2. The van der Waals surface area contributed by atoms with Gasteiger partial charge >= 0.3 is 6.09 Å². The number of nitrogens with zero attached hydrogens (tertiary/aromatic N) is 2. The Labute approximate surface area is 167 Å². The molecule has 1 amide bonds. The van der Waals surface area contributed by atoms with Crippen LogP contribution in [0.25, 0.3) is 0 Å². The molecule has 0 aliphatic rings. The van der Waals surface area contributed by atoms with Crippen LogP contribution in [0.1, 0.15) is 38.8 Å². The van der Waals surface area contributed by atoms with Crippen LogP contribution in [0.2, 0.25) is 0 Å². The minimum absolute atomic E-state index is 0.338. The number of ether oxygens (including phenoxy) is 1. The third kappa shape index (κ3) is 7.70. The number of aromatic nitrogens is 2. The number of benzene rings is 1. The predicted molar refractivity (Wildman–Crippen MR) is 109 cm³/mol. The van der Waals surface area contributed by atoms with Crippen molar-refractivity contribution in [3.05, 3.63) is 53.9 Å². The van der Waals surface area contributed by atoms with Gasteiger partial charge in [0.25, 0.3) is 0 Å². The van der Waals surface area contributed by atoms with E-state index >= 15 is 0 Å². The van der Waals surface area contributed by atoms with Crippen LogP contribution in [0, 0.1) is 0 Å². The van der Waals surface area contributed by atoms with Gasteiger partial charge in [-0.3, -0.25) is 4.68 Å². The number of aliphatic hydroxyl groups is 1. The Bertz CT molecular complexity index is 725. The number of nitrogens with one attached hydrogen (secondary N) is 2. The van der Waals surface area contributed by atoms with Crippen LogP contribution in [0.5, 0.6) is 0 Å². The van der Waals surface area contributed by atoms with Crippen LogP contribution in [-0.4, -0.2) is 45.3 Å². The molecule has 7 heteroatoms. The summed E-state index contributed by atoms with van der Waals surface area (Å²) in [5.74, 6) is 0. The van der Waals surface area contributed by atoms with Crippen molar-refractivity contribution in [2.24, 2.45) is 0 Å². The largest absolute Gasteiger partial charge is 0.444 e. The Balaban J connectivity index is 1.94. The zero-order valence-electron chi connectivity index (χ0n) is 17.2. The number of rotatable bonds is 9.